The van der Waals surface area contributed by atoms with Crippen LogP contribution < -0.4 is 32.7 Å². The molecule has 0 fully saturated rings. The van der Waals surface area contributed by atoms with Gasteiger partial charge in [-0.25, -0.2) is 4.79 Å². The number of quaternary nitrogens is 1. The Hall–Kier alpha value is -2.12. The fraction of sp³-hybridized carbons (Fsp3) is 0.556. The lowest BCUT2D eigenvalue weighted by Crippen LogP contribution is -3.00. The molecule has 190 valence electrons. The number of hydrogen-bond acceptors (Lipinski definition) is 4. The zero-order chi connectivity index (χ0) is 24.3. The van der Waals surface area contributed by atoms with E-state index in [9.17, 15) is 9.59 Å². The molecular weight excluding hydrogens is 496 g/mol. The van der Waals surface area contributed by atoms with Crippen LogP contribution in [0.5, 0.6) is 5.75 Å². The molecule has 1 aromatic carbocycles. The molecule has 0 aliphatic heterocycles. The number of carbonyl (C=O) groups excluding carboxylic acids is 1. The number of fused-ring (bicyclic) bond motifs is 1. The van der Waals surface area contributed by atoms with Crippen LogP contribution in [0.15, 0.2) is 45.1 Å². The summed E-state index contributed by atoms with van der Waals surface area (Å²) in [4.78, 5) is 23.9. The van der Waals surface area contributed by atoms with Gasteiger partial charge < -0.3 is 35.9 Å². The summed E-state index contributed by atoms with van der Waals surface area (Å²) in [5.74, 6) is 0.901. The smallest absolute Gasteiger partial charge is 0.336 e. The van der Waals surface area contributed by atoms with E-state index in [-0.39, 0.29) is 28.5 Å². The van der Waals surface area contributed by atoms with E-state index in [4.69, 9.17) is 9.15 Å². The largest absolute Gasteiger partial charge is 1.00 e. The second kappa shape index (κ2) is 15.0. The number of rotatable bonds is 14. The molecule has 1 heterocycles. The minimum absolute atomic E-state index is 0. The van der Waals surface area contributed by atoms with Gasteiger partial charge in [-0.1, -0.05) is 25.0 Å². The van der Waals surface area contributed by atoms with Gasteiger partial charge in [-0.05, 0) is 64.2 Å². The summed E-state index contributed by atoms with van der Waals surface area (Å²) >= 11 is 0. The molecule has 0 aliphatic carbocycles. The number of nitrogens with zero attached hydrogens (tertiary/aromatic N) is 1. The van der Waals surface area contributed by atoms with Crippen molar-refractivity contribution in [3.05, 3.63) is 51.9 Å². The highest BCUT2D eigenvalue weighted by atomic mass is 79.9. The fourth-order valence-electron chi connectivity index (χ4n) is 3.74. The Balaban J connectivity index is 0.00000578. The van der Waals surface area contributed by atoms with Crippen molar-refractivity contribution in [3.63, 3.8) is 0 Å². The van der Waals surface area contributed by atoms with Crippen molar-refractivity contribution in [2.75, 3.05) is 40.3 Å². The summed E-state index contributed by atoms with van der Waals surface area (Å²) in [6.07, 6.45) is 7.90. The third-order valence-corrected chi connectivity index (χ3v) is 5.65. The van der Waals surface area contributed by atoms with Gasteiger partial charge in [-0.2, -0.15) is 0 Å². The number of ether oxygens (including phenoxy) is 1. The third kappa shape index (κ3) is 10.4. The normalized spacial score (nSPS) is 11.1. The van der Waals surface area contributed by atoms with E-state index < -0.39 is 0 Å². The van der Waals surface area contributed by atoms with Gasteiger partial charge in [0.05, 0.1) is 27.2 Å². The van der Waals surface area contributed by atoms with Crippen molar-refractivity contribution >= 4 is 16.9 Å². The molecule has 0 bridgehead atoms. The molecule has 0 saturated heterocycles. The second-order valence-electron chi connectivity index (χ2n) is 9.63. The fourth-order valence-corrected chi connectivity index (χ4v) is 3.74. The SMILES string of the molecule is CCCCNC(=O)C[N+](C)(C)CCCCCOc1ccc2ccc(=O)oc2c1CC=C(C)C.[Br-]. The average Bonchev–Trinajstić information content (AvgIpc) is 2.74. The van der Waals surface area contributed by atoms with E-state index in [1.165, 1.54) is 11.6 Å². The second-order valence-corrected chi connectivity index (χ2v) is 9.63. The van der Waals surface area contributed by atoms with Crippen LogP contribution in [0.4, 0.5) is 0 Å². The van der Waals surface area contributed by atoms with Crippen LogP contribution in [0, 0.1) is 0 Å². The van der Waals surface area contributed by atoms with Gasteiger partial charge in [0.25, 0.3) is 5.91 Å². The van der Waals surface area contributed by atoms with E-state index in [0.717, 1.165) is 61.9 Å². The molecule has 34 heavy (non-hydrogen) atoms. The summed E-state index contributed by atoms with van der Waals surface area (Å²) < 4.78 is 12.3. The van der Waals surface area contributed by atoms with Crippen LogP contribution in [0.3, 0.4) is 0 Å². The quantitative estimate of drug-likeness (QED) is 0.173. The van der Waals surface area contributed by atoms with Gasteiger partial charge >= 0.3 is 5.63 Å². The first kappa shape index (κ1) is 29.9. The standard InChI is InChI=1S/C27H40N2O4.BrH/c1-6-7-17-28-25(30)20-29(4,5)18-9-8-10-19-32-24-15-12-22-13-16-26(31)33-27(22)23(24)14-11-21(2)3;/h11-13,15-16H,6-10,14,17-20H2,1-5H3;1H. The van der Waals surface area contributed by atoms with Crippen molar-refractivity contribution in [3.8, 4) is 5.75 Å². The van der Waals surface area contributed by atoms with E-state index in [1.54, 1.807) is 6.07 Å². The minimum atomic E-state index is -0.349. The van der Waals surface area contributed by atoms with Crippen LogP contribution >= 0.6 is 0 Å². The van der Waals surface area contributed by atoms with Crippen LogP contribution in [0.25, 0.3) is 11.0 Å². The zero-order valence-corrected chi connectivity index (χ0v) is 23.0. The lowest BCUT2D eigenvalue weighted by Gasteiger charge is -2.29. The van der Waals surface area contributed by atoms with Crippen molar-refractivity contribution in [1.82, 2.24) is 5.32 Å². The first-order valence-electron chi connectivity index (χ1n) is 12.1. The van der Waals surface area contributed by atoms with E-state index >= 15 is 0 Å². The Labute approximate surface area is 214 Å². The molecule has 1 amide bonds. The first-order chi connectivity index (χ1) is 15.7. The molecule has 0 atom stereocenters. The molecule has 0 saturated carbocycles. The number of hydrogen-bond donors (Lipinski definition) is 1. The maximum atomic E-state index is 12.1. The maximum Gasteiger partial charge on any atom is 0.336 e. The number of halogens is 1. The number of unbranched alkanes of at least 4 members (excludes halogenated alkanes) is 3. The summed E-state index contributed by atoms with van der Waals surface area (Å²) in [5.41, 5.74) is 2.38. The molecule has 0 aliphatic rings. The number of likely N-dealkylation sites (N-methyl/N-ethyl adjacent to an activating group) is 1. The maximum absolute atomic E-state index is 12.1. The summed E-state index contributed by atoms with van der Waals surface area (Å²) in [7, 11) is 4.21. The lowest BCUT2D eigenvalue weighted by molar-refractivity contribution is -0.882. The minimum Gasteiger partial charge on any atom is -1.00 e. The molecule has 0 radical (unpaired) electrons. The predicted molar refractivity (Wildman–Crippen MR) is 135 cm³/mol. The lowest BCUT2D eigenvalue weighted by atomic mass is 10.1. The van der Waals surface area contributed by atoms with Crippen molar-refractivity contribution < 1.29 is 35.4 Å². The van der Waals surface area contributed by atoms with Gasteiger partial charge in [0, 0.05) is 23.6 Å². The topological polar surface area (TPSA) is 68.5 Å². The number of nitrogens with one attached hydrogen (secondary N) is 1. The molecule has 0 spiro atoms. The molecule has 7 heteroatoms. The molecule has 0 unspecified atom stereocenters. The third-order valence-electron chi connectivity index (χ3n) is 5.65. The highest BCUT2D eigenvalue weighted by Gasteiger charge is 2.19. The van der Waals surface area contributed by atoms with Gasteiger partial charge in [-0.3, -0.25) is 4.79 Å². The average molecular weight is 538 g/mol. The van der Waals surface area contributed by atoms with Gasteiger partial charge in [0.15, 0.2) is 6.54 Å². The van der Waals surface area contributed by atoms with Crippen molar-refractivity contribution in [2.24, 2.45) is 0 Å². The zero-order valence-electron chi connectivity index (χ0n) is 21.4. The Morgan fingerprint density at radius 2 is 1.82 bits per heavy atom. The van der Waals surface area contributed by atoms with Crippen molar-refractivity contribution in [1.29, 1.82) is 0 Å². The molecule has 1 aromatic heterocycles. The van der Waals surface area contributed by atoms with Gasteiger partial charge in [-0.15, -0.1) is 0 Å². The number of carbonyl (C=O) groups is 1. The Bertz CT molecular complexity index is 994. The Morgan fingerprint density at radius 1 is 1.09 bits per heavy atom. The van der Waals surface area contributed by atoms with E-state index in [2.05, 4.69) is 46.3 Å². The van der Waals surface area contributed by atoms with E-state index in [0.29, 0.717) is 29.6 Å². The summed E-state index contributed by atoms with van der Waals surface area (Å²) in [6.45, 7) is 9.06. The van der Waals surface area contributed by atoms with Gasteiger partial charge in [0.2, 0.25) is 0 Å². The number of amides is 1. The van der Waals surface area contributed by atoms with Crippen LogP contribution in [0.1, 0.15) is 58.4 Å². The monoisotopic (exact) mass is 536 g/mol. The molecule has 1 N–H and O–H groups in total. The molecular formula is C27H41BrN2O4. The Kier molecular flexibility index (Phi) is 13.2. The van der Waals surface area contributed by atoms with Crippen LogP contribution in [-0.2, 0) is 11.2 Å². The number of benzene rings is 1. The Morgan fingerprint density at radius 3 is 2.53 bits per heavy atom. The van der Waals surface area contributed by atoms with E-state index in [1.807, 2.05) is 12.1 Å². The first-order valence-corrected chi connectivity index (χ1v) is 12.1. The predicted octanol–water partition coefficient (Wildman–Crippen LogP) is 1.85. The molecule has 6 nitrogen and oxygen atoms in total. The van der Waals surface area contributed by atoms with Gasteiger partial charge in [0.1, 0.15) is 11.3 Å². The number of allylic oxidation sites excluding steroid dienone is 2. The summed E-state index contributed by atoms with van der Waals surface area (Å²) in [5, 5.41) is 3.90. The highest BCUT2D eigenvalue weighted by Crippen LogP contribution is 2.28. The molecule has 2 aromatic rings. The molecule has 2 rings (SSSR count). The van der Waals surface area contributed by atoms with Crippen LogP contribution in [-0.4, -0.2) is 50.7 Å². The van der Waals surface area contributed by atoms with Crippen LogP contribution in [0.2, 0.25) is 0 Å². The van der Waals surface area contributed by atoms with Crippen molar-refractivity contribution in [2.45, 2.75) is 59.3 Å². The highest BCUT2D eigenvalue weighted by molar-refractivity contribution is 5.82. The summed E-state index contributed by atoms with van der Waals surface area (Å²) in [6, 6.07) is 7.14.